The molecular formula is C21H19N3O6S2. The first-order valence-electron chi connectivity index (χ1n) is 9.66. The molecule has 11 heteroatoms. The van der Waals surface area contributed by atoms with Crippen molar-refractivity contribution in [1.82, 2.24) is 0 Å². The molecule has 4 rings (SSSR count). The van der Waals surface area contributed by atoms with Gasteiger partial charge in [0.15, 0.2) is 0 Å². The van der Waals surface area contributed by atoms with E-state index >= 15 is 0 Å². The zero-order valence-electron chi connectivity index (χ0n) is 16.7. The Labute approximate surface area is 185 Å². The lowest BCUT2D eigenvalue weighted by Crippen LogP contribution is -2.35. The number of aryl methyl sites for hydroxylation is 1. The van der Waals surface area contributed by atoms with Gasteiger partial charge in [-0.1, -0.05) is 18.2 Å². The number of anilines is 2. The predicted molar refractivity (Wildman–Crippen MR) is 120 cm³/mol. The molecule has 1 aliphatic heterocycles. The van der Waals surface area contributed by atoms with Gasteiger partial charge >= 0.3 is 0 Å². The van der Waals surface area contributed by atoms with Crippen LogP contribution in [0.2, 0.25) is 0 Å². The maximum Gasteiger partial charge on any atom is 0.269 e. The zero-order valence-corrected chi connectivity index (χ0v) is 18.3. The Bertz CT molecular complexity index is 1370. The minimum atomic E-state index is -4.00. The first-order chi connectivity index (χ1) is 15.2. The Morgan fingerprint density at radius 3 is 2.12 bits per heavy atom. The van der Waals surface area contributed by atoms with Gasteiger partial charge in [0, 0.05) is 24.4 Å². The maximum absolute atomic E-state index is 13.2. The number of nitro groups is 1. The van der Waals surface area contributed by atoms with Gasteiger partial charge in [-0.25, -0.2) is 16.8 Å². The average Bonchev–Trinajstić information content (AvgIpc) is 2.79. The van der Waals surface area contributed by atoms with E-state index in [1.54, 1.807) is 12.1 Å². The van der Waals surface area contributed by atoms with Crippen molar-refractivity contribution >= 4 is 37.1 Å². The SMILES string of the molecule is O=[N+]([O-])c1ccc(S(=O)(=O)Nc2ccc(S(=O)(=O)N3CCCc4ccccc43)cc2)cc1. The summed E-state index contributed by atoms with van der Waals surface area (Å²) in [6.45, 7) is 0.369. The summed E-state index contributed by atoms with van der Waals surface area (Å²) in [5.41, 5.74) is 1.57. The molecule has 0 amide bonds. The van der Waals surface area contributed by atoms with Crippen LogP contribution < -0.4 is 9.03 Å². The molecular weight excluding hydrogens is 454 g/mol. The number of non-ortho nitro benzene ring substituents is 1. The minimum absolute atomic E-state index is 0.0486. The first-order valence-corrected chi connectivity index (χ1v) is 12.6. The van der Waals surface area contributed by atoms with Gasteiger partial charge in [-0.3, -0.25) is 19.1 Å². The molecule has 0 atom stereocenters. The molecule has 32 heavy (non-hydrogen) atoms. The molecule has 1 N–H and O–H groups in total. The quantitative estimate of drug-likeness (QED) is 0.431. The van der Waals surface area contributed by atoms with Gasteiger partial charge in [-0.05, 0) is 60.9 Å². The normalized spacial score (nSPS) is 13.9. The van der Waals surface area contributed by atoms with Gasteiger partial charge in [-0.2, -0.15) is 0 Å². The predicted octanol–water partition coefficient (Wildman–Crippen LogP) is 3.54. The Balaban J connectivity index is 1.56. The van der Waals surface area contributed by atoms with Crippen LogP contribution in [0.15, 0.2) is 82.6 Å². The number of para-hydroxylation sites is 1. The fourth-order valence-corrected chi connectivity index (χ4v) is 6.13. The van der Waals surface area contributed by atoms with E-state index in [1.165, 1.54) is 28.6 Å². The highest BCUT2D eigenvalue weighted by Gasteiger charge is 2.29. The number of nitro benzene ring substituents is 1. The number of nitrogens with one attached hydrogen (secondary N) is 1. The summed E-state index contributed by atoms with van der Waals surface area (Å²) in [5, 5.41) is 10.7. The van der Waals surface area contributed by atoms with E-state index in [2.05, 4.69) is 4.72 Å². The van der Waals surface area contributed by atoms with E-state index < -0.39 is 25.0 Å². The number of rotatable bonds is 6. The van der Waals surface area contributed by atoms with E-state index in [-0.39, 0.29) is 21.2 Å². The molecule has 9 nitrogen and oxygen atoms in total. The molecule has 0 saturated carbocycles. The first kappa shape index (κ1) is 21.8. The van der Waals surface area contributed by atoms with Crippen molar-refractivity contribution in [3.63, 3.8) is 0 Å². The standard InChI is InChI=1S/C21H19N3O6S2/c25-24(26)18-9-13-19(14-10-18)31(27,28)22-17-7-11-20(12-8-17)32(29,30)23-15-3-5-16-4-1-2-6-21(16)23/h1-2,4,6-14,22H,3,5,15H2. The summed E-state index contributed by atoms with van der Waals surface area (Å²) in [6.07, 6.45) is 1.52. The van der Waals surface area contributed by atoms with E-state index in [0.717, 1.165) is 36.2 Å². The highest BCUT2D eigenvalue weighted by Crippen LogP contribution is 2.32. The summed E-state index contributed by atoms with van der Waals surface area (Å²) in [6, 6.07) is 17.2. The zero-order chi connectivity index (χ0) is 22.9. The van der Waals surface area contributed by atoms with Crippen molar-refractivity contribution < 1.29 is 21.8 Å². The van der Waals surface area contributed by atoms with Gasteiger partial charge < -0.3 is 0 Å². The summed E-state index contributed by atoms with van der Waals surface area (Å²) in [7, 11) is -7.81. The molecule has 0 aromatic heterocycles. The molecule has 1 heterocycles. The summed E-state index contributed by atoms with van der Waals surface area (Å²) < 4.78 is 55.2. The van der Waals surface area contributed by atoms with Crippen LogP contribution in [0.5, 0.6) is 0 Å². The van der Waals surface area contributed by atoms with Crippen molar-refractivity contribution in [2.75, 3.05) is 15.6 Å². The topological polar surface area (TPSA) is 127 Å². The molecule has 166 valence electrons. The van der Waals surface area contributed by atoms with Crippen LogP contribution in [-0.2, 0) is 26.5 Å². The lowest BCUT2D eigenvalue weighted by atomic mass is 10.0. The highest BCUT2D eigenvalue weighted by molar-refractivity contribution is 7.93. The second-order valence-corrected chi connectivity index (χ2v) is 10.7. The minimum Gasteiger partial charge on any atom is -0.280 e. The molecule has 0 bridgehead atoms. The second kappa shape index (κ2) is 8.24. The monoisotopic (exact) mass is 473 g/mol. The van der Waals surface area contributed by atoms with Crippen LogP contribution >= 0.6 is 0 Å². The van der Waals surface area contributed by atoms with Crippen LogP contribution in [0.3, 0.4) is 0 Å². The summed E-state index contributed by atoms with van der Waals surface area (Å²) in [5.74, 6) is 0. The molecule has 0 aliphatic carbocycles. The molecule has 0 spiro atoms. The van der Waals surface area contributed by atoms with Crippen molar-refractivity contribution in [3.8, 4) is 0 Å². The van der Waals surface area contributed by atoms with Gasteiger partial charge in [0.05, 0.1) is 20.4 Å². The van der Waals surface area contributed by atoms with Gasteiger partial charge in [0.2, 0.25) is 0 Å². The third kappa shape index (κ3) is 4.16. The smallest absolute Gasteiger partial charge is 0.269 e. The van der Waals surface area contributed by atoms with Crippen LogP contribution in [0.4, 0.5) is 17.1 Å². The Morgan fingerprint density at radius 2 is 1.47 bits per heavy atom. The fourth-order valence-electron chi connectivity index (χ4n) is 3.53. The summed E-state index contributed by atoms with van der Waals surface area (Å²) >= 11 is 0. The second-order valence-electron chi connectivity index (χ2n) is 7.19. The third-order valence-corrected chi connectivity index (χ3v) is 8.34. The van der Waals surface area contributed by atoms with Crippen molar-refractivity contribution in [3.05, 3.63) is 88.5 Å². The Hall–Kier alpha value is -3.44. The van der Waals surface area contributed by atoms with Crippen molar-refractivity contribution in [2.24, 2.45) is 0 Å². The number of hydrogen-bond acceptors (Lipinski definition) is 6. The van der Waals surface area contributed by atoms with Crippen LogP contribution in [0.25, 0.3) is 0 Å². The molecule has 0 unspecified atom stereocenters. The van der Waals surface area contributed by atoms with Gasteiger partial charge in [0.25, 0.3) is 25.7 Å². The number of nitrogens with zero attached hydrogens (tertiary/aromatic N) is 2. The number of fused-ring (bicyclic) bond motifs is 1. The number of benzene rings is 3. The Morgan fingerprint density at radius 1 is 0.844 bits per heavy atom. The van der Waals surface area contributed by atoms with Crippen molar-refractivity contribution in [1.29, 1.82) is 0 Å². The Kier molecular flexibility index (Phi) is 5.61. The molecule has 1 aliphatic rings. The molecule has 0 radical (unpaired) electrons. The van der Waals surface area contributed by atoms with E-state index in [0.29, 0.717) is 18.7 Å². The molecule has 0 saturated heterocycles. The fraction of sp³-hybridized carbons (Fsp3) is 0.143. The van der Waals surface area contributed by atoms with Gasteiger partial charge in [-0.15, -0.1) is 0 Å². The van der Waals surface area contributed by atoms with E-state index in [4.69, 9.17) is 0 Å². The molecule has 0 fully saturated rings. The lowest BCUT2D eigenvalue weighted by molar-refractivity contribution is -0.384. The van der Waals surface area contributed by atoms with E-state index in [1.807, 2.05) is 12.1 Å². The van der Waals surface area contributed by atoms with Crippen LogP contribution in [0, 0.1) is 10.1 Å². The number of sulfonamides is 2. The lowest BCUT2D eigenvalue weighted by Gasteiger charge is -2.30. The molecule has 3 aromatic rings. The average molecular weight is 474 g/mol. The van der Waals surface area contributed by atoms with Crippen LogP contribution in [0.1, 0.15) is 12.0 Å². The molecule has 3 aromatic carbocycles. The number of hydrogen-bond donors (Lipinski definition) is 1. The highest BCUT2D eigenvalue weighted by atomic mass is 32.2. The largest absolute Gasteiger partial charge is 0.280 e. The maximum atomic E-state index is 13.2. The summed E-state index contributed by atoms with van der Waals surface area (Å²) in [4.78, 5) is 10.0. The van der Waals surface area contributed by atoms with Crippen molar-refractivity contribution in [2.45, 2.75) is 22.6 Å². The van der Waals surface area contributed by atoms with E-state index in [9.17, 15) is 26.9 Å². The third-order valence-electron chi connectivity index (χ3n) is 5.12. The van der Waals surface area contributed by atoms with Crippen LogP contribution in [-0.4, -0.2) is 28.3 Å². The van der Waals surface area contributed by atoms with Gasteiger partial charge in [0.1, 0.15) is 0 Å².